The van der Waals surface area contributed by atoms with Gasteiger partial charge in [-0.05, 0) is 38.5 Å². The van der Waals surface area contributed by atoms with Crippen LogP contribution >= 0.6 is 7.82 Å². The van der Waals surface area contributed by atoms with Crippen molar-refractivity contribution in [3.05, 3.63) is 12.2 Å². The van der Waals surface area contributed by atoms with Gasteiger partial charge in [0, 0.05) is 6.42 Å². The number of aliphatic hydroxyl groups is 1. The van der Waals surface area contributed by atoms with Crippen LogP contribution in [0.2, 0.25) is 0 Å². The number of hydrogen-bond donors (Lipinski definition) is 2. The highest BCUT2D eigenvalue weighted by Crippen LogP contribution is 2.38. The summed E-state index contributed by atoms with van der Waals surface area (Å²) in [5.74, 6) is -0.171. The quantitative estimate of drug-likeness (QED) is 0.0275. The molecule has 328 valence electrons. The maximum absolute atomic E-state index is 12.9. The number of amides is 1. The Morgan fingerprint density at radius 3 is 1.42 bits per heavy atom. The van der Waals surface area contributed by atoms with E-state index in [1.54, 1.807) is 0 Å². The molecule has 0 aromatic heterocycles. The molecule has 0 heterocycles. The molecule has 0 aliphatic rings. The highest BCUT2D eigenvalue weighted by atomic mass is 31.2. The molecule has 0 saturated carbocycles. The predicted molar refractivity (Wildman–Crippen MR) is 233 cm³/mol. The summed E-state index contributed by atoms with van der Waals surface area (Å²) in [6.07, 6.45) is 43.6. The number of quaternary nitrogens is 1. The Morgan fingerprint density at radius 1 is 0.618 bits per heavy atom. The van der Waals surface area contributed by atoms with Crippen LogP contribution in [0, 0.1) is 0 Å². The van der Waals surface area contributed by atoms with Crippen LogP contribution < -0.4 is 10.2 Å². The minimum atomic E-state index is -4.57. The Morgan fingerprint density at radius 2 is 1.00 bits per heavy atom. The summed E-state index contributed by atoms with van der Waals surface area (Å²) in [7, 11) is 1.30. The Kier molecular flexibility index (Phi) is 38.2. The minimum absolute atomic E-state index is 0.00981. The maximum atomic E-state index is 12.9. The second kappa shape index (κ2) is 38.7. The van der Waals surface area contributed by atoms with E-state index in [4.69, 9.17) is 9.05 Å². The molecule has 0 rings (SSSR count). The van der Waals surface area contributed by atoms with Gasteiger partial charge in [-0.3, -0.25) is 9.36 Å². The van der Waals surface area contributed by atoms with Gasteiger partial charge in [-0.1, -0.05) is 193 Å². The molecule has 0 spiro atoms. The van der Waals surface area contributed by atoms with E-state index in [1.165, 1.54) is 154 Å². The van der Waals surface area contributed by atoms with Crippen molar-refractivity contribution in [3.8, 4) is 0 Å². The molecular weight excluding hydrogens is 707 g/mol. The Hall–Kier alpha value is -0.760. The van der Waals surface area contributed by atoms with E-state index in [1.807, 2.05) is 21.1 Å². The van der Waals surface area contributed by atoms with Crippen LogP contribution in [-0.2, 0) is 18.4 Å². The molecule has 0 radical (unpaired) electrons. The van der Waals surface area contributed by atoms with Gasteiger partial charge in [-0.25, -0.2) is 0 Å². The number of allylic oxidation sites excluding steroid dienone is 2. The zero-order chi connectivity index (χ0) is 40.7. The third kappa shape index (κ3) is 41.2. The van der Waals surface area contributed by atoms with Gasteiger partial charge in [-0.15, -0.1) is 0 Å². The van der Waals surface area contributed by atoms with Gasteiger partial charge < -0.3 is 28.8 Å². The normalized spacial score (nSPS) is 14.4. The molecule has 55 heavy (non-hydrogen) atoms. The van der Waals surface area contributed by atoms with Crippen LogP contribution in [0.25, 0.3) is 0 Å². The second-order valence-corrected chi connectivity index (χ2v) is 18.9. The number of carbonyl (C=O) groups is 1. The van der Waals surface area contributed by atoms with Crippen molar-refractivity contribution in [2.75, 3.05) is 40.9 Å². The summed E-state index contributed by atoms with van der Waals surface area (Å²) >= 11 is 0. The fraction of sp³-hybridized carbons (Fsp3) is 0.935. The van der Waals surface area contributed by atoms with E-state index in [0.29, 0.717) is 23.9 Å². The molecule has 0 aliphatic heterocycles. The lowest BCUT2D eigenvalue weighted by Gasteiger charge is -2.30. The Labute approximate surface area is 342 Å². The van der Waals surface area contributed by atoms with Crippen LogP contribution in [-0.4, -0.2) is 68.5 Å². The number of phosphoric acid groups is 1. The fourth-order valence-corrected chi connectivity index (χ4v) is 7.70. The van der Waals surface area contributed by atoms with Crippen LogP contribution in [0.3, 0.4) is 0 Å². The first kappa shape index (κ1) is 54.2. The molecular formula is C46H93N2O6P. The summed E-state index contributed by atoms with van der Waals surface area (Å²) in [5.41, 5.74) is 0. The first-order valence-electron chi connectivity index (χ1n) is 23.5. The maximum Gasteiger partial charge on any atom is 0.268 e. The fourth-order valence-electron chi connectivity index (χ4n) is 6.98. The van der Waals surface area contributed by atoms with E-state index >= 15 is 0 Å². The van der Waals surface area contributed by atoms with Crippen molar-refractivity contribution >= 4 is 13.7 Å². The summed E-state index contributed by atoms with van der Waals surface area (Å²) in [6.45, 7) is 4.72. The number of nitrogens with zero attached hydrogens (tertiary/aromatic N) is 1. The molecule has 0 aliphatic carbocycles. The highest BCUT2D eigenvalue weighted by molar-refractivity contribution is 7.45. The summed E-state index contributed by atoms with van der Waals surface area (Å²) in [6, 6.07) is -0.811. The zero-order valence-corrected chi connectivity index (χ0v) is 38.0. The standard InChI is InChI=1S/C46H93N2O6P/c1-6-8-10-12-14-16-18-20-22-24-25-27-29-31-33-35-37-39-45(49)44(43-54-55(51,52)53-42-41-48(3,4)5)47-46(50)40-38-36-34-32-30-28-26-23-21-19-17-15-13-11-9-7-2/h29,31,44-45,49H,6-28,30,32-43H2,1-5H3,(H-,47,50,51,52)/b31-29+/t44-,45+/m0/s1. The lowest BCUT2D eigenvalue weighted by molar-refractivity contribution is -0.870. The van der Waals surface area contributed by atoms with Crippen LogP contribution in [0.15, 0.2) is 12.2 Å². The lowest BCUT2D eigenvalue weighted by atomic mass is 10.0. The largest absolute Gasteiger partial charge is 0.756 e. The molecule has 0 aromatic carbocycles. The van der Waals surface area contributed by atoms with Gasteiger partial charge in [0.25, 0.3) is 7.82 Å². The highest BCUT2D eigenvalue weighted by Gasteiger charge is 2.24. The Bertz CT molecular complexity index is 911. The molecule has 0 aromatic rings. The molecule has 1 unspecified atom stereocenters. The van der Waals surface area contributed by atoms with E-state index in [9.17, 15) is 19.4 Å². The summed E-state index contributed by atoms with van der Waals surface area (Å²) < 4.78 is 23.3. The topological polar surface area (TPSA) is 108 Å². The number of nitrogens with one attached hydrogen (secondary N) is 1. The Balaban J connectivity index is 4.35. The molecule has 0 fully saturated rings. The van der Waals surface area contributed by atoms with Gasteiger partial charge in [0.15, 0.2) is 0 Å². The van der Waals surface area contributed by atoms with Gasteiger partial charge in [-0.2, -0.15) is 0 Å². The van der Waals surface area contributed by atoms with Crippen LogP contribution in [0.5, 0.6) is 0 Å². The third-order valence-electron chi connectivity index (χ3n) is 10.8. The van der Waals surface area contributed by atoms with Gasteiger partial charge >= 0.3 is 0 Å². The number of unbranched alkanes of at least 4 members (excludes halogenated alkanes) is 28. The lowest BCUT2D eigenvalue weighted by Crippen LogP contribution is -2.46. The number of carbonyl (C=O) groups excluding carboxylic acids is 1. The second-order valence-electron chi connectivity index (χ2n) is 17.5. The number of hydrogen-bond acceptors (Lipinski definition) is 6. The average Bonchev–Trinajstić information content (AvgIpc) is 3.13. The van der Waals surface area contributed by atoms with E-state index in [0.717, 1.165) is 44.9 Å². The molecule has 9 heteroatoms. The first-order chi connectivity index (χ1) is 26.5. The molecule has 0 saturated heterocycles. The average molecular weight is 801 g/mol. The van der Waals surface area contributed by atoms with Gasteiger partial charge in [0.1, 0.15) is 13.2 Å². The third-order valence-corrected chi connectivity index (χ3v) is 11.7. The number of aliphatic hydroxyl groups excluding tert-OH is 1. The first-order valence-corrected chi connectivity index (χ1v) is 25.0. The van der Waals surface area contributed by atoms with Crippen molar-refractivity contribution in [2.24, 2.45) is 0 Å². The number of phosphoric ester groups is 1. The molecule has 3 atom stereocenters. The van der Waals surface area contributed by atoms with Crippen molar-refractivity contribution in [3.63, 3.8) is 0 Å². The zero-order valence-electron chi connectivity index (χ0n) is 37.1. The molecule has 2 N–H and O–H groups in total. The van der Waals surface area contributed by atoms with Crippen molar-refractivity contribution in [1.29, 1.82) is 0 Å². The summed E-state index contributed by atoms with van der Waals surface area (Å²) in [4.78, 5) is 25.3. The minimum Gasteiger partial charge on any atom is -0.756 e. The van der Waals surface area contributed by atoms with Crippen molar-refractivity contribution in [1.82, 2.24) is 5.32 Å². The van der Waals surface area contributed by atoms with Crippen LogP contribution in [0.4, 0.5) is 0 Å². The van der Waals surface area contributed by atoms with Gasteiger partial charge in [0.05, 0.1) is 39.9 Å². The molecule has 1 amide bonds. The van der Waals surface area contributed by atoms with Crippen molar-refractivity contribution < 1.29 is 32.9 Å². The smallest absolute Gasteiger partial charge is 0.268 e. The summed E-state index contributed by atoms with van der Waals surface area (Å²) in [5, 5.41) is 13.9. The number of rotatable bonds is 43. The SMILES string of the molecule is CCCCCCCCCCCCC/C=C/CCCC[C@@H](O)[C@H](COP(=O)([O-])OCC[N+](C)(C)C)NC(=O)CCCCCCCCCCCCCCCCCC. The number of likely N-dealkylation sites (N-methyl/N-ethyl adjacent to an activating group) is 1. The molecule has 0 bridgehead atoms. The van der Waals surface area contributed by atoms with Gasteiger partial charge in [0.2, 0.25) is 5.91 Å². The molecule has 8 nitrogen and oxygen atoms in total. The van der Waals surface area contributed by atoms with E-state index in [-0.39, 0.29) is 19.1 Å². The van der Waals surface area contributed by atoms with E-state index in [2.05, 4.69) is 31.3 Å². The monoisotopic (exact) mass is 801 g/mol. The van der Waals surface area contributed by atoms with E-state index < -0.39 is 20.0 Å². The van der Waals surface area contributed by atoms with Crippen molar-refractivity contribution in [2.45, 2.75) is 238 Å². The predicted octanol–water partition coefficient (Wildman–Crippen LogP) is 12.5. The van der Waals surface area contributed by atoms with Crippen LogP contribution in [0.1, 0.15) is 226 Å².